The SMILES string of the molecule is CNC(=O)c1cn(C2CCCCC2)cc(C(=O)NCCc2cccc(F)c2)c1=O. The Kier molecular flexibility index (Phi) is 6.80. The first-order valence-electron chi connectivity index (χ1n) is 10.00. The van der Waals surface area contributed by atoms with Crippen LogP contribution >= 0.6 is 0 Å². The van der Waals surface area contributed by atoms with Crippen LogP contribution in [0.5, 0.6) is 0 Å². The van der Waals surface area contributed by atoms with E-state index in [1.54, 1.807) is 24.5 Å². The van der Waals surface area contributed by atoms with Crippen LogP contribution in [0.3, 0.4) is 0 Å². The quantitative estimate of drug-likeness (QED) is 0.784. The molecule has 7 heteroatoms. The summed E-state index contributed by atoms with van der Waals surface area (Å²) in [5.41, 5.74) is 0.0930. The first-order valence-corrected chi connectivity index (χ1v) is 10.00. The molecule has 1 aliphatic carbocycles. The molecule has 0 bridgehead atoms. The number of hydrogen-bond acceptors (Lipinski definition) is 3. The van der Waals surface area contributed by atoms with Crippen LogP contribution in [0.15, 0.2) is 41.5 Å². The average Bonchev–Trinajstić information content (AvgIpc) is 2.74. The average molecular weight is 399 g/mol. The summed E-state index contributed by atoms with van der Waals surface area (Å²) in [5.74, 6) is -1.36. The largest absolute Gasteiger partial charge is 0.355 e. The van der Waals surface area contributed by atoms with Crippen LogP contribution in [0.2, 0.25) is 0 Å². The van der Waals surface area contributed by atoms with Crippen molar-refractivity contribution >= 4 is 11.8 Å². The number of halogens is 1. The third kappa shape index (κ3) is 5.10. The van der Waals surface area contributed by atoms with E-state index in [1.807, 2.05) is 4.57 Å². The van der Waals surface area contributed by atoms with E-state index in [-0.39, 0.29) is 29.5 Å². The number of nitrogens with one attached hydrogen (secondary N) is 2. The van der Waals surface area contributed by atoms with Gasteiger partial charge in [0.25, 0.3) is 11.8 Å². The van der Waals surface area contributed by atoms with Crippen molar-refractivity contribution in [3.05, 3.63) is 69.4 Å². The molecule has 0 radical (unpaired) electrons. The summed E-state index contributed by atoms with van der Waals surface area (Å²) < 4.78 is 15.1. The second-order valence-electron chi connectivity index (χ2n) is 7.37. The van der Waals surface area contributed by atoms with Crippen LogP contribution in [0, 0.1) is 5.82 Å². The van der Waals surface area contributed by atoms with Crippen LogP contribution in [-0.4, -0.2) is 30.0 Å². The van der Waals surface area contributed by atoms with Gasteiger partial charge in [-0.3, -0.25) is 14.4 Å². The van der Waals surface area contributed by atoms with E-state index in [0.29, 0.717) is 6.42 Å². The predicted octanol–water partition coefficient (Wildman–Crippen LogP) is 2.82. The molecule has 2 N–H and O–H groups in total. The molecular formula is C22H26FN3O3. The molecule has 1 aromatic carbocycles. The topological polar surface area (TPSA) is 80.2 Å². The monoisotopic (exact) mass is 399 g/mol. The summed E-state index contributed by atoms with van der Waals surface area (Å²) in [6, 6.07) is 6.33. The van der Waals surface area contributed by atoms with Crippen molar-refractivity contribution in [2.24, 2.45) is 0 Å². The lowest BCUT2D eigenvalue weighted by Gasteiger charge is -2.25. The van der Waals surface area contributed by atoms with Crippen LogP contribution < -0.4 is 16.1 Å². The van der Waals surface area contributed by atoms with Crippen LogP contribution in [0.25, 0.3) is 0 Å². The molecule has 0 spiro atoms. The molecule has 0 atom stereocenters. The molecule has 29 heavy (non-hydrogen) atoms. The zero-order valence-corrected chi connectivity index (χ0v) is 16.5. The standard InChI is InChI=1S/C22H26FN3O3/c1-24-21(28)18-13-26(17-8-3-2-4-9-17)14-19(20(18)27)22(29)25-11-10-15-6-5-7-16(23)12-15/h5-7,12-14,17H,2-4,8-11H2,1H3,(H,24,28)(H,25,29). The van der Waals surface area contributed by atoms with E-state index in [4.69, 9.17) is 0 Å². The fourth-order valence-corrected chi connectivity index (χ4v) is 3.75. The summed E-state index contributed by atoms with van der Waals surface area (Å²) in [6.07, 6.45) is 8.81. The Labute approximate surface area is 169 Å². The number of amides is 2. The number of nitrogens with zero attached hydrogens (tertiary/aromatic N) is 1. The van der Waals surface area contributed by atoms with E-state index in [9.17, 15) is 18.8 Å². The van der Waals surface area contributed by atoms with Crippen molar-refractivity contribution in [3.63, 3.8) is 0 Å². The molecule has 1 heterocycles. The number of rotatable bonds is 6. The molecule has 1 saturated carbocycles. The second kappa shape index (κ2) is 9.49. The van der Waals surface area contributed by atoms with E-state index in [0.717, 1.165) is 31.2 Å². The Balaban J connectivity index is 1.81. The van der Waals surface area contributed by atoms with E-state index < -0.39 is 17.2 Å². The zero-order chi connectivity index (χ0) is 20.8. The number of aromatic nitrogens is 1. The molecule has 3 rings (SSSR count). The van der Waals surface area contributed by atoms with Gasteiger partial charge in [-0.25, -0.2) is 4.39 Å². The van der Waals surface area contributed by atoms with Crippen molar-refractivity contribution in [2.75, 3.05) is 13.6 Å². The van der Waals surface area contributed by atoms with Gasteiger partial charge in [-0.15, -0.1) is 0 Å². The van der Waals surface area contributed by atoms with Gasteiger partial charge in [-0.1, -0.05) is 31.4 Å². The summed E-state index contributed by atoms with van der Waals surface area (Å²) in [4.78, 5) is 37.6. The molecule has 2 amide bonds. The number of benzene rings is 1. The molecule has 0 unspecified atom stereocenters. The maximum Gasteiger partial charge on any atom is 0.256 e. The van der Waals surface area contributed by atoms with Crippen LogP contribution in [0.1, 0.15) is 64.4 Å². The lowest BCUT2D eigenvalue weighted by Crippen LogP contribution is -2.35. The molecule has 6 nitrogen and oxygen atoms in total. The minimum Gasteiger partial charge on any atom is -0.355 e. The van der Waals surface area contributed by atoms with Gasteiger partial charge in [0.15, 0.2) is 0 Å². The summed E-state index contributed by atoms with van der Waals surface area (Å²) >= 11 is 0. The Morgan fingerprint density at radius 1 is 1.10 bits per heavy atom. The van der Waals surface area contributed by atoms with E-state index in [2.05, 4.69) is 10.6 Å². The van der Waals surface area contributed by atoms with Gasteiger partial charge in [0.1, 0.15) is 16.9 Å². The lowest BCUT2D eigenvalue weighted by atomic mass is 9.95. The number of pyridine rings is 1. The van der Waals surface area contributed by atoms with Crippen LogP contribution in [0.4, 0.5) is 4.39 Å². The Hall–Kier alpha value is -2.96. The molecule has 1 fully saturated rings. The molecule has 1 aromatic heterocycles. The van der Waals surface area contributed by atoms with Gasteiger partial charge < -0.3 is 15.2 Å². The molecule has 0 saturated heterocycles. The normalized spacial score (nSPS) is 14.4. The van der Waals surface area contributed by atoms with E-state index in [1.165, 1.54) is 25.6 Å². The molecule has 0 aliphatic heterocycles. The summed E-state index contributed by atoms with van der Waals surface area (Å²) in [5, 5.41) is 5.18. The highest BCUT2D eigenvalue weighted by Gasteiger charge is 2.22. The van der Waals surface area contributed by atoms with Crippen molar-refractivity contribution in [2.45, 2.75) is 44.6 Å². The molecule has 2 aromatic rings. The van der Waals surface area contributed by atoms with Crippen molar-refractivity contribution in [1.29, 1.82) is 0 Å². The molecule has 1 aliphatic rings. The highest BCUT2D eigenvalue weighted by molar-refractivity contribution is 5.99. The third-order valence-electron chi connectivity index (χ3n) is 5.35. The Morgan fingerprint density at radius 2 is 1.79 bits per heavy atom. The molecule has 154 valence electrons. The highest BCUT2D eigenvalue weighted by Crippen LogP contribution is 2.28. The number of hydrogen-bond donors (Lipinski definition) is 2. The molecular weight excluding hydrogens is 373 g/mol. The van der Waals surface area contributed by atoms with Gasteiger partial charge in [0.2, 0.25) is 5.43 Å². The maximum atomic E-state index is 13.3. The third-order valence-corrected chi connectivity index (χ3v) is 5.35. The minimum absolute atomic E-state index is 0.0316. The van der Waals surface area contributed by atoms with Gasteiger partial charge in [-0.2, -0.15) is 0 Å². The maximum absolute atomic E-state index is 13.3. The first kappa shape index (κ1) is 20.8. The number of carbonyl (C=O) groups excluding carboxylic acids is 2. The Morgan fingerprint density at radius 3 is 2.45 bits per heavy atom. The zero-order valence-electron chi connectivity index (χ0n) is 16.5. The second-order valence-corrected chi connectivity index (χ2v) is 7.37. The summed E-state index contributed by atoms with van der Waals surface area (Å²) in [6.45, 7) is 0.259. The lowest BCUT2D eigenvalue weighted by molar-refractivity contribution is 0.0951. The summed E-state index contributed by atoms with van der Waals surface area (Å²) in [7, 11) is 1.46. The highest BCUT2D eigenvalue weighted by atomic mass is 19.1. The van der Waals surface area contributed by atoms with Gasteiger partial charge in [0.05, 0.1) is 0 Å². The minimum atomic E-state index is -0.584. The van der Waals surface area contributed by atoms with E-state index >= 15 is 0 Å². The van der Waals surface area contributed by atoms with Gasteiger partial charge in [-0.05, 0) is 37.0 Å². The van der Waals surface area contributed by atoms with Crippen molar-refractivity contribution < 1.29 is 14.0 Å². The van der Waals surface area contributed by atoms with Crippen molar-refractivity contribution in [3.8, 4) is 0 Å². The van der Waals surface area contributed by atoms with Crippen molar-refractivity contribution in [1.82, 2.24) is 15.2 Å². The van der Waals surface area contributed by atoms with Gasteiger partial charge >= 0.3 is 0 Å². The van der Waals surface area contributed by atoms with Crippen LogP contribution in [-0.2, 0) is 6.42 Å². The fourth-order valence-electron chi connectivity index (χ4n) is 3.75. The Bertz CT molecular complexity index is 949. The first-order chi connectivity index (χ1) is 14.0. The smallest absolute Gasteiger partial charge is 0.256 e. The predicted molar refractivity (Wildman–Crippen MR) is 109 cm³/mol. The number of carbonyl (C=O) groups is 2. The fraction of sp³-hybridized carbons (Fsp3) is 0.409. The van der Waals surface area contributed by atoms with Gasteiger partial charge in [0, 0.05) is 32.0 Å².